The van der Waals surface area contributed by atoms with E-state index in [2.05, 4.69) is 0 Å². The van der Waals surface area contributed by atoms with Crippen LogP contribution in [0.2, 0.25) is 10.0 Å². The van der Waals surface area contributed by atoms with Crippen molar-refractivity contribution in [1.82, 2.24) is 0 Å². The maximum absolute atomic E-state index is 9.47. The van der Waals surface area contributed by atoms with Gasteiger partial charge < -0.3 is 5.11 Å². The maximum Gasteiger partial charge on any atom is 0.0628 e. The summed E-state index contributed by atoms with van der Waals surface area (Å²) >= 11 is 11.9. The van der Waals surface area contributed by atoms with E-state index >= 15 is 0 Å². The van der Waals surface area contributed by atoms with Crippen molar-refractivity contribution in [1.29, 1.82) is 0 Å². The van der Waals surface area contributed by atoms with Crippen molar-refractivity contribution in [3.8, 4) is 0 Å². The van der Waals surface area contributed by atoms with E-state index in [-0.39, 0.29) is 12.0 Å². The van der Waals surface area contributed by atoms with Gasteiger partial charge in [-0.25, -0.2) is 0 Å². The van der Waals surface area contributed by atoms with Crippen molar-refractivity contribution in [2.45, 2.75) is 24.9 Å². The molecule has 0 radical (unpaired) electrons. The number of aliphatic hydroxyl groups excluding tert-OH is 1. The van der Waals surface area contributed by atoms with Gasteiger partial charge in [0.15, 0.2) is 0 Å². The molecule has 1 saturated carbocycles. The van der Waals surface area contributed by atoms with Crippen LogP contribution in [-0.2, 0) is 0 Å². The van der Waals surface area contributed by atoms with E-state index in [9.17, 15) is 5.11 Å². The zero-order chi connectivity index (χ0) is 9.42. The first kappa shape index (κ1) is 9.32. The van der Waals surface area contributed by atoms with Gasteiger partial charge in [0.2, 0.25) is 0 Å². The number of aliphatic hydroxyl groups is 1. The van der Waals surface area contributed by atoms with Gasteiger partial charge in [-0.05, 0) is 24.5 Å². The van der Waals surface area contributed by atoms with Crippen LogP contribution >= 0.6 is 23.2 Å². The Balaban J connectivity index is 2.34. The summed E-state index contributed by atoms with van der Waals surface area (Å²) in [5.74, 6) is 0.186. The SMILES string of the molecule is OC1CCC1c1cccc(Cl)c1Cl. The summed E-state index contributed by atoms with van der Waals surface area (Å²) in [6.45, 7) is 0. The summed E-state index contributed by atoms with van der Waals surface area (Å²) < 4.78 is 0. The van der Waals surface area contributed by atoms with Crippen LogP contribution in [0.5, 0.6) is 0 Å². The van der Waals surface area contributed by atoms with E-state index in [0.29, 0.717) is 10.0 Å². The van der Waals surface area contributed by atoms with Crippen LogP contribution in [0.25, 0.3) is 0 Å². The lowest BCUT2D eigenvalue weighted by atomic mass is 9.77. The van der Waals surface area contributed by atoms with Crippen LogP contribution in [0, 0.1) is 0 Å². The second kappa shape index (κ2) is 3.49. The molecule has 13 heavy (non-hydrogen) atoms. The molecule has 1 aromatic carbocycles. The summed E-state index contributed by atoms with van der Waals surface area (Å²) in [5, 5.41) is 10.6. The van der Waals surface area contributed by atoms with E-state index in [1.54, 1.807) is 6.07 Å². The zero-order valence-corrected chi connectivity index (χ0v) is 8.52. The minimum absolute atomic E-state index is 0.186. The van der Waals surface area contributed by atoms with Crippen molar-refractivity contribution in [2.24, 2.45) is 0 Å². The molecule has 1 aliphatic carbocycles. The molecule has 0 heterocycles. The van der Waals surface area contributed by atoms with Crippen molar-refractivity contribution in [2.75, 3.05) is 0 Å². The first-order chi connectivity index (χ1) is 6.20. The summed E-state index contributed by atoms with van der Waals surface area (Å²) in [4.78, 5) is 0. The van der Waals surface area contributed by atoms with Gasteiger partial charge in [0, 0.05) is 5.92 Å². The Morgan fingerprint density at radius 2 is 2.00 bits per heavy atom. The fourth-order valence-corrected chi connectivity index (χ4v) is 2.10. The molecule has 2 rings (SSSR count). The van der Waals surface area contributed by atoms with Gasteiger partial charge in [-0.2, -0.15) is 0 Å². The van der Waals surface area contributed by atoms with Crippen molar-refractivity contribution in [3.05, 3.63) is 33.8 Å². The highest BCUT2D eigenvalue weighted by Gasteiger charge is 2.31. The monoisotopic (exact) mass is 216 g/mol. The molecule has 0 bridgehead atoms. The van der Waals surface area contributed by atoms with E-state index < -0.39 is 0 Å². The molecule has 0 aliphatic heterocycles. The predicted molar refractivity (Wildman–Crippen MR) is 54.4 cm³/mol. The largest absolute Gasteiger partial charge is 0.392 e. The minimum Gasteiger partial charge on any atom is -0.392 e. The number of hydrogen-bond acceptors (Lipinski definition) is 1. The Bertz CT molecular complexity index is 325. The predicted octanol–water partition coefficient (Wildman–Crippen LogP) is 3.23. The van der Waals surface area contributed by atoms with E-state index in [1.807, 2.05) is 12.1 Å². The van der Waals surface area contributed by atoms with Gasteiger partial charge in [-0.1, -0.05) is 35.3 Å². The lowest BCUT2D eigenvalue weighted by Gasteiger charge is -2.33. The van der Waals surface area contributed by atoms with E-state index in [0.717, 1.165) is 18.4 Å². The molecule has 3 heteroatoms. The molecule has 0 aromatic heterocycles. The molecule has 1 aliphatic rings. The fraction of sp³-hybridized carbons (Fsp3) is 0.400. The Labute approximate surface area is 87.3 Å². The number of rotatable bonds is 1. The normalized spacial score (nSPS) is 27.0. The summed E-state index contributed by atoms with van der Waals surface area (Å²) in [6.07, 6.45) is 1.63. The van der Waals surface area contributed by atoms with Crippen LogP contribution < -0.4 is 0 Å². The van der Waals surface area contributed by atoms with Gasteiger partial charge in [0.05, 0.1) is 16.1 Å². The van der Waals surface area contributed by atoms with Crippen molar-refractivity contribution < 1.29 is 5.11 Å². The van der Waals surface area contributed by atoms with Crippen LogP contribution in [0.3, 0.4) is 0 Å². The minimum atomic E-state index is -0.240. The molecule has 1 fully saturated rings. The summed E-state index contributed by atoms with van der Waals surface area (Å²) in [5.41, 5.74) is 0.980. The molecule has 1 nitrogen and oxygen atoms in total. The molecule has 0 amide bonds. The maximum atomic E-state index is 9.47. The Hall–Kier alpha value is -0.240. The molecular formula is C10H10Cl2O. The van der Waals surface area contributed by atoms with Gasteiger partial charge >= 0.3 is 0 Å². The van der Waals surface area contributed by atoms with Crippen LogP contribution in [-0.4, -0.2) is 11.2 Å². The standard InChI is InChI=1S/C10H10Cl2O/c11-8-3-1-2-7(10(8)12)6-4-5-9(6)13/h1-3,6,9,13H,4-5H2. The first-order valence-electron chi connectivity index (χ1n) is 4.32. The number of halogens is 2. The molecule has 2 atom stereocenters. The van der Waals surface area contributed by atoms with Crippen molar-refractivity contribution in [3.63, 3.8) is 0 Å². The van der Waals surface area contributed by atoms with Gasteiger partial charge in [-0.3, -0.25) is 0 Å². The third-order valence-corrected chi connectivity index (χ3v) is 3.45. The Morgan fingerprint density at radius 1 is 1.23 bits per heavy atom. The Kier molecular flexibility index (Phi) is 2.50. The molecule has 1 N–H and O–H groups in total. The van der Waals surface area contributed by atoms with Gasteiger partial charge in [0.1, 0.15) is 0 Å². The second-order valence-corrected chi connectivity index (χ2v) is 4.18. The van der Waals surface area contributed by atoms with Crippen molar-refractivity contribution >= 4 is 23.2 Å². The smallest absolute Gasteiger partial charge is 0.0628 e. The van der Waals surface area contributed by atoms with Gasteiger partial charge in [0.25, 0.3) is 0 Å². The highest BCUT2D eigenvalue weighted by Crippen LogP contribution is 2.41. The fourth-order valence-electron chi connectivity index (χ4n) is 1.65. The van der Waals surface area contributed by atoms with E-state index in [4.69, 9.17) is 23.2 Å². The summed E-state index contributed by atoms with van der Waals surface area (Å²) in [7, 11) is 0. The topological polar surface area (TPSA) is 20.2 Å². The first-order valence-corrected chi connectivity index (χ1v) is 5.07. The van der Waals surface area contributed by atoms with Gasteiger partial charge in [-0.15, -0.1) is 0 Å². The Morgan fingerprint density at radius 3 is 2.54 bits per heavy atom. The third-order valence-electron chi connectivity index (χ3n) is 2.62. The molecule has 0 spiro atoms. The third kappa shape index (κ3) is 1.56. The quantitative estimate of drug-likeness (QED) is 0.765. The highest BCUT2D eigenvalue weighted by atomic mass is 35.5. The number of benzene rings is 1. The number of hydrogen-bond donors (Lipinski definition) is 1. The van der Waals surface area contributed by atoms with Crippen LogP contribution in [0.1, 0.15) is 24.3 Å². The molecule has 0 saturated heterocycles. The molecular weight excluding hydrogens is 207 g/mol. The molecule has 70 valence electrons. The summed E-state index contributed by atoms with van der Waals surface area (Å²) in [6, 6.07) is 5.56. The highest BCUT2D eigenvalue weighted by molar-refractivity contribution is 6.42. The second-order valence-electron chi connectivity index (χ2n) is 3.39. The lowest BCUT2D eigenvalue weighted by molar-refractivity contribution is 0.0662. The van der Waals surface area contributed by atoms with E-state index in [1.165, 1.54) is 0 Å². The molecule has 1 aromatic rings. The average molecular weight is 217 g/mol. The molecule has 2 unspecified atom stereocenters. The average Bonchev–Trinajstić information content (AvgIpc) is 2.10. The van der Waals surface area contributed by atoms with Crippen LogP contribution in [0.15, 0.2) is 18.2 Å². The van der Waals surface area contributed by atoms with Crippen LogP contribution in [0.4, 0.5) is 0 Å². The lowest BCUT2D eigenvalue weighted by Crippen LogP contribution is -2.29. The zero-order valence-electron chi connectivity index (χ0n) is 7.00.